The molecule has 0 spiro atoms. The zero-order valence-corrected chi connectivity index (χ0v) is 9.57. The Hall–Kier alpha value is -1.84. The lowest BCUT2D eigenvalue weighted by molar-refractivity contribution is -0.116. The van der Waals surface area contributed by atoms with E-state index in [0.717, 1.165) is 29.8 Å². The van der Waals surface area contributed by atoms with Gasteiger partial charge in [-0.1, -0.05) is 12.8 Å². The highest BCUT2D eigenvalue weighted by molar-refractivity contribution is 6.28. The zero-order chi connectivity index (χ0) is 11.7. The van der Waals surface area contributed by atoms with Crippen LogP contribution >= 0.6 is 0 Å². The molecular formula is C13H15N3O. The predicted octanol–water partition coefficient (Wildman–Crippen LogP) is 2.07. The highest BCUT2D eigenvalue weighted by Crippen LogP contribution is 2.30. The van der Waals surface area contributed by atoms with Crippen molar-refractivity contribution in [1.82, 2.24) is 10.4 Å². The number of aromatic amines is 1. The molecular weight excluding hydrogens is 214 g/mol. The number of hydrogen-bond donors (Lipinski definition) is 2. The molecule has 4 heteroatoms. The van der Waals surface area contributed by atoms with Crippen LogP contribution in [-0.2, 0) is 4.79 Å². The Morgan fingerprint density at radius 1 is 1.35 bits per heavy atom. The van der Waals surface area contributed by atoms with Gasteiger partial charge >= 0.3 is 0 Å². The SMILES string of the molecule is O=C1NN=C(C2CCCC2)/C1=C\c1ccc[nH]1. The number of hydrogen-bond acceptors (Lipinski definition) is 2. The third-order valence-electron chi connectivity index (χ3n) is 3.46. The molecule has 1 saturated carbocycles. The van der Waals surface area contributed by atoms with Crippen LogP contribution in [0.4, 0.5) is 0 Å². The van der Waals surface area contributed by atoms with Gasteiger partial charge in [0.2, 0.25) is 0 Å². The number of carbonyl (C=O) groups is 1. The Kier molecular flexibility index (Phi) is 2.55. The van der Waals surface area contributed by atoms with Gasteiger partial charge in [-0.25, -0.2) is 5.43 Å². The third-order valence-corrected chi connectivity index (χ3v) is 3.46. The monoisotopic (exact) mass is 229 g/mol. The first-order chi connectivity index (χ1) is 8.34. The Morgan fingerprint density at radius 2 is 2.18 bits per heavy atom. The van der Waals surface area contributed by atoms with Gasteiger partial charge in [-0.05, 0) is 31.1 Å². The molecule has 4 nitrogen and oxygen atoms in total. The summed E-state index contributed by atoms with van der Waals surface area (Å²) in [5.74, 6) is 0.372. The van der Waals surface area contributed by atoms with Crippen LogP contribution in [0.3, 0.4) is 0 Å². The molecule has 17 heavy (non-hydrogen) atoms. The van der Waals surface area contributed by atoms with Crippen LogP contribution in [0.25, 0.3) is 6.08 Å². The van der Waals surface area contributed by atoms with Gasteiger partial charge in [0.1, 0.15) is 0 Å². The van der Waals surface area contributed by atoms with Gasteiger partial charge in [0.25, 0.3) is 5.91 Å². The Balaban J connectivity index is 1.90. The highest BCUT2D eigenvalue weighted by atomic mass is 16.2. The smallest absolute Gasteiger partial charge is 0.273 e. The summed E-state index contributed by atoms with van der Waals surface area (Å²) in [4.78, 5) is 14.8. The Morgan fingerprint density at radius 3 is 2.88 bits per heavy atom. The minimum Gasteiger partial charge on any atom is -0.362 e. The molecule has 0 aromatic carbocycles. The number of amides is 1. The van der Waals surface area contributed by atoms with Gasteiger partial charge in [-0.15, -0.1) is 0 Å². The molecule has 2 aliphatic rings. The normalized spacial score (nSPS) is 23.2. The molecule has 0 bridgehead atoms. The summed E-state index contributed by atoms with van der Waals surface area (Å²) in [6.07, 6.45) is 8.53. The maximum atomic E-state index is 11.8. The number of hydrazone groups is 1. The number of nitrogens with zero attached hydrogens (tertiary/aromatic N) is 1. The van der Waals surface area contributed by atoms with E-state index < -0.39 is 0 Å². The standard InChI is InChI=1S/C13H15N3O/c17-13-11(8-10-6-3-7-14-10)12(15-16-13)9-4-1-2-5-9/h3,6-9,14H,1-2,4-5H2,(H,16,17)/b11-8+. The summed E-state index contributed by atoms with van der Waals surface area (Å²) in [5, 5.41) is 4.20. The topological polar surface area (TPSA) is 57.2 Å². The first kappa shape index (κ1) is 10.3. The van der Waals surface area contributed by atoms with E-state index in [2.05, 4.69) is 15.5 Å². The van der Waals surface area contributed by atoms with Gasteiger partial charge in [0.05, 0.1) is 11.3 Å². The van der Waals surface area contributed by atoms with E-state index in [1.807, 2.05) is 24.4 Å². The van der Waals surface area contributed by atoms with Crippen molar-refractivity contribution in [2.45, 2.75) is 25.7 Å². The maximum Gasteiger partial charge on any atom is 0.273 e. The lowest BCUT2D eigenvalue weighted by Gasteiger charge is -2.08. The van der Waals surface area contributed by atoms with Gasteiger partial charge < -0.3 is 4.98 Å². The van der Waals surface area contributed by atoms with Gasteiger partial charge in [0, 0.05) is 17.8 Å². The third kappa shape index (κ3) is 1.90. The largest absolute Gasteiger partial charge is 0.362 e. The van der Waals surface area contributed by atoms with Crippen LogP contribution in [0.1, 0.15) is 31.4 Å². The van der Waals surface area contributed by atoms with Crippen molar-refractivity contribution in [3.63, 3.8) is 0 Å². The molecule has 1 aliphatic heterocycles. The van der Waals surface area contributed by atoms with E-state index in [1.54, 1.807) is 0 Å². The molecule has 1 aromatic rings. The van der Waals surface area contributed by atoms with Crippen LogP contribution in [-0.4, -0.2) is 16.6 Å². The van der Waals surface area contributed by atoms with Crippen molar-refractivity contribution in [3.05, 3.63) is 29.6 Å². The highest BCUT2D eigenvalue weighted by Gasteiger charge is 2.30. The summed E-state index contributed by atoms with van der Waals surface area (Å²) in [6, 6.07) is 3.87. The molecule has 1 fully saturated rings. The van der Waals surface area contributed by atoms with E-state index >= 15 is 0 Å². The molecule has 2 heterocycles. The van der Waals surface area contributed by atoms with Crippen molar-refractivity contribution < 1.29 is 4.79 Å². The Bertz CT molecular complexity index is 479. The molecule has 1 aromatic heterocycles. The molecule has 3 rings (SSSR count). The molecule has 88 valence electrons. The lowest BCUT2D eigenvalue weighted by atomic mass is 9.95. The van der Waals surface area contributed by atoms with Crippen LogP contribution in [0.5, 0.6) is 0 Å². The molecule has 0 unspecified atom stereocenters. The fourth-order valence-corrected chi connectivity index (χ4v) is 2.59. The molecule has 2 N–H and O–H groups in total. The maximum absolute atomic E-state index is 11.8. The van der Waals surface area contributed by atoms with Gasteiger partial charge in [-0.3, -0.25) is 4.79 Å². The summed E-state index contributed by atoms with van der Waals surface area (Å²) < 4.78 is 0. The second-order valence-corrected chi connectivity index (χ2v) is 4.60. The number of H-pyrrole nitrogens is 1. The second-order valence-electron chi connectivity index (χ2n) is 4.60. The molecule has 0 radical (unpaired) electrons. The fraction of sp³-hybridized carbons (Fsp3) is 0.385. The number of nitrogens with one attached hydrogen (secondary N) is 2. The second kappa shape index (κ2) is 4.20. The molecule has 1 aliphatic carbocycles. The summed E-state index contributed by atoms with van der Waals surface area (Å²) in [5.41, 5.74) is 5.19. The van der Waals surface area contributed by atoms with Crippen molar-refractivity contribution in [2.24, 2.45) is 11.0 Å². The van der Waals surface area contributed by atoms with E-state index in [-0.39, 0.29) is 5.91 Å². The number of carbonyl (C=O) groups excluding carboxylic acids is 1. The first-order valence-electron chi connectivity index (χ1n) is 6.08. The first-order valence-corrected chi connectivity index (χ1v) is 6.08. The Labute approximate surface area is 99.8 Å². The summed E-state index contributed by atoms with van der Waals surface area (Å²) in [7, 11) is 0. The van der Waals surface area contributed by atoms with Crippen molar-refractivity contribution in [3.8, 4) is 0 Å². The van der Waals surface area contributed by atoms with Crippen LogP contribution in [0.2, 0.25) is 0 Å². The van der Waals surface area contributed by atoms with Gasteiger partial charge in [0.15, 0.2) is 0 Å². The molecule has 0 saturated heterocycles. The average molecular weight is 229 g/mol. The average Bonchev–Trinajstić information content (AvgIpc) is 3.03. The summed E-state index contributed by atoms with van der Waals surface area (Å²) >= 11 is 0. The van der Waals surface area contributed by atoms with Crippen LogP contribution < -0.4 is 5.43 Å². The minimum absolute atomic E-state index is 0.0819. The van der Waals surface area contributed by atoms with E-state index in [1.165, 1.54) is 12.8 Å². The minimum atomic E-state index is -0.0819. The summed E-state index contributed by atoms with van der Waals surface area (Å²) in [6.45, 7) is 0. The van der Waals surface area contributed by atoms with E-state index in [9.17, 15) is 4.79 Å². The molecule has 1 amide bonds. The van der Waals surface area contributed by atoms with Crippen LogP contribution in [0, 0.1) is 5.92 Å². The van der Waals surface area contributed by atoms with Crippen molar-refractivity contribution in [2.75, 3.05) is 0 Å². The lowest BCUT2D eigenvalue weighted by Crippen LogP contribution is -2.16. The van der Waals surface area contributed by atoms with E-state index in [0.29, 0.717) is 5.92 Å². The zero-order valence-electron chi connectivity index (χ0n) is 9.57. The number of rotatable bonds is 2. The van der Waals surface area contributed by atoms with E-state index in [4.69, 9.17) is 0 Å². The molecule has 0 atom stereocenters. The predicted molar refractivity (Wildman–Crippen MR) is 66.3 cm³/mol. The quantitative estimate of drug-likeness (QED) is 0.749. The van der Waals surface area contributed by atoms with Crippen molar-refractivity contribution in [1.29, 1.82) is 0 Å². The van der Waals surface area contributed by atoms with Crippen molar-refractivity contribution >= 4 is 17.7 Å². The van der Waals surface area contributed by atoms with Crippen LogP contribution in [0.15, 0.2) is 29.0 Å². The van der Waals surface area contributed by atoms with Gasteiger partial charge in [-0.2, -0.15) is 5.10 Å². The number of aromatic nitrogens is 1. The fourth-order valence-electron chi connectivity index (χ4n) is 2.59.